The number of carbonyl (C=O) groups is 1. The average Bonchev–Trinajstić information content (AvgIpc) is 3.21. The Balaban J connectivity index is 0.00000320. The highest BCUT2D eigenvalue weighted by molar-refractivity contribution is 14.0. The van der Waals surface area contributed by atoms with Gasteiger partial charge in [0, 0.05) is 31.6 Å². The molecule has 6 nitrogen and oxygen atoms in total. The summed E-state index contributed by atoms with van der Waals surface area (Å²) in [5.74, 6) is 1.27. The molecule has 1 aliphatic heterocycles. The van der Waals surface area contributed by atoms with Crippen molar-refractivity contribution in [3.05, 3.63) is 35.4 Å². The Labute approximate surface area is 197 Å². The Morgan fingerprint density at radius 3 is 2.57 bits per heavy atom. The number of aliphatic imine (C=N–C) groups is 1. The first-order chi connectivity index (χ1) is 14.1. The van der Waals surface area contributed by atoms with Crippen LogP contribution in [0, 0.1) is 12.8 Å². The first-order valence-corrected chi connectivity index (χ1v) is 11.1. The van der Waals surface area contributed by atoms with Gasteiger partial charge in [0.1, 0.15) is 0 Å². The molecule has 1 aromatic carbocycles. The second kappa shape index (κ2) is 12.5. The van der Waals surface area contributed by atoms with Crippen molar-refractivity contribution in [1.82, 2.24) is 15.5 Å². The number of nitrogens with one attached hydrogen (secondary N) is 2. The standard InChI is InChI=1S/C23H36N4O2.HI/c1-3-24-23(25-15-21(28)18-11-9-17(2)10-12-18)26-20-13-14-27(16-20)22(29)19-7-5-4-6-8-19;/h9-12,19-21,28H,3-8,13-16H2,1-2H3,(H2,24,25,26);1H. The number of hydrogen-bond acceptors (Lipinski definition) is 3. The van der Waals surface area contributed by atoms with Gasteiger partial charge in [-0.25, -0.2) is 0 Å². The topological polar surface area (TPSA) is 77.0 Å². The highest BCUT2D eigenvalue weighted by Gasteiger charge is 2.31. The van der Waals surface area contributed by atoms with Crippen molar-refractivity contribution in [3.63, 3.8) is 0 Å². The van der Waals surface area contributed by atoms with Crippen molar-refractivity contribution in [2.24, 2.45) is 10.9 Å². The number of halogens is 1. The SMILES string of the molecule is CCNC(=NCC(O)c1ccc(C)cc1)NC1CCN(C(=O)C2CCCCC2)C1.I. The van der Waals surface area contributed by atoms with Crippen LogP contribution in [0.3, 0.4) is 0 Å². The zero-order valence-corrected chi connectivity index (χ0v) is 20.6. The molecule has 0 spiro atoms. The molecule has 2 aliphatic rings. The first-order valence-electron chi connectivity index (χ1n) is 11.1. The molecule has 3 N–H and O–H groups in total. The molecule has 0 bridgehead atoms. The number of nitrogens with zero attached hydrogens (tertiary/aromatic N) is 2. The average molecular weight is 528 g/mol. The number of guanidine groups is 1. The quantitative estimate of drug-likeness (QED) is 0.301. The lowest BCUT2D eigenvalue weighted by atomic mass is 9.88. The lowest BCUT2D eigenvalue weighted by molar-refractivity contribution is -0.135. The van der Waals surface area contributed by atoms with Gasteiger partial charge >= 0.3 is 0 Å². The molecule has 1 saturated heterocycles. The molecule has 3 rings (SSSR count). The van der Waals surface area contributed by atoms with Crippen LogP contribution in [0.25, 0.3) is 0 Å². The van der Waals surface area contributed by atoms with Crippen LogP contribution >= 0.6 is 24.0 Å². The summed E-state index contributed by atoms with van der Waals surface area (Å²) < 4.78 is 0. The fourth-order valence-electron chi connectivity index (χ4n) is 4.27. The molecule has 1 amide bonds. The predicted molar refractivity (Wildman–Crippen MR) is 132 cm³/mol. The number of carbonyl (C=O) groups excluding carboxylic acids is 1. The summed E-state index contributed by atoms with van der Waals surface area (Å²) in [6.07, 6.45) is 6.05. The van der Waals surface area contributed by atoms with Gasteiger partial charge in [-0.2, -0.15) is 0 Å². The van der Waals surface area contributed by atoms with E-state index in [9.17, 15) is 9.90 Å². The molecule has 1 aliphatic carbocycles. The minimum absolute atomic E-state index is 0. The molecular formula is C23H37IN4O2. The van der Waals surface area contributed by atoms with Gasteiger partial charge in [-0.1, -0.05) is 49.1 Å². The van der Waals surface area contributed by atoms with Crippen molar-refractivity contribution in [1.29, 1.82) is 0 Å². The molecule has 30 heavy (non-hydrogen) atoms. The largest absolute Gasteiger partial charge is 0.386 e. The van der Waals surface area contributed by atoms with Gasteiger partial charge in [0.25, 0.3) is 0 Å². The highest BCUT2D eigenvalue weighted by Crippen LogP contribution is 2.26. The minimum atomic E-state index is -0.626. The number of aryl methyl sites for hydroxylation is 1. The molecule has 168 valence electrons. The van der Waals surface area contributed by atoms with Crippen LogP contribution in [0.15, 0.2) is 29.3 Å². The third-order valence-corrected chi connectivity index (χ3v) is 6.02. The molecule has 7 heteroatoms. The predicted octanol–water partition coefficient (Wildman–Crippen LogP) is 3.38. The van der Waals surface area contributed by atoms with Crippen LogP contribution in [0.5, 0.6) is 0 Å². The van der Waals surface area contributed by atoms with Gasteiger partial charge in [-0.15, -0.1) is 24.0 Å². The van der Waals surface area contributed by atoms with Gasteiger partial charge in [-0.05, 0) is 38.7 Å². The van der Waals surface area contributed by atoms with Crippen molar-refractivity contribution < 1.29 is 9.90 Å². The normalized spacial score (nSPS) is 21.1. The van der Waals surface area contributed by atoms with Crippen LogP contribution < -0.4 is 10.6 Å². The Morgan fingerprint density at radius 1 is 1.20 bits per heavy atom. The van der Waals surface area contributed by atoms with Crippen LogP contribution in [0.2, 0.25) is 0 Å². The maximum absolute atomic E-state index is 12.8. The number of aliphatic hydroxyl groups is 1. The van der Waals surface area contributed by atoms with Gasteiger partial charge in [0.2, 0.25) is 5.91 Å². The third kappa shape index (κ3) is 7.11. The van der Waals surface area contributed by atoms with E-state index in [1.807, 2.05) is 43.0 Å². The Bertz CT molecular complexity index is 689. The van der Waals surface area contributed by atoms with Gasteiger partial charge in [-0.3, -0.25) is 9.79 Å². The summed E-state index contributed by atoms with van der Waals surface area (Å²) in [5, 5.41) is 17.1. The summed E-state index contributed by atoms with van der Waals surface area (Å²) in [4.78, 5) is 19.4. The third-order valence-electron chi connectivity index (χ3n) is 6.02. The molecule has 1 heterocycles. The lowest BCUT2D eigenvalue weighted by Crippen LogP contribution is -2.45. The summed E-state index contributed by atoms with van der Waals surface area (Å²) >= 11 is 0. The molecule has 2 unspecified atom stereocenters. The summed E-state index contributed by atoms with van der Waals surface area (Å²) in [6, 6.07) is 8.10. The van der Waals surface area contributed by atoms with Crippen molar-refractivity contribution >= 4 is 35.8 Å². The van der Waals surface area contributed by atoms with Crippen LogP contribution in [-0.2, 0) is 4.79 Å². The van der Waals surface area contributed by atoms with E-state index in [1.165, 1.54) is 24.8 Å². The van der Waals surface area contributed by atoms with Crippen LogP contribution in [0.4, 0.5) is 0 Å². The first kappa shape index (κ1) is 24.9. The maximum atomic E-state index is 12.8. The van der Waals surface area contributed by atoms with Gasteiger partial charge < -0.3 is 20.6 Å². The minimum Gasteiger partial charge on any atom is -0.386 e. The zero-order chi connectivity index (χ0) is 20.6. The smallest absolute Gasteiger partial charge is 0.225 e. The van der Waals surface area contributed by atoms with Crippen molar-refractivity contribution in [2.75, 3.05) is 26.2 Å². The number of aliphatic hydroxyl groups excluding tert-OH is 1. The molecule has 2 atom stereocenters. The molecule has 1 saturated carbocycles. The van der Waals surface area contributed by atoms with Crippen LogP contribution in [-0.4, -0.2) is 54.1 Å². The molecule has 0 radical (unpaired) electrons. The summed E-state index contributed by atoms with van der Waals surface area (Å²) in [5.41, 5.74) is 2.05. The number of benzene rings is 1. The maximum Gasteiger partial charge on any atom is 0.225 e. The van der Waals surface area contributed by atoms with E-state index in [4.69, 9.17) is 0 Å². The van der Waals surface area contributed by atoms with E-state index in [2.05, 4.69) is 15.6 Å². The number of amides is 1. The van der Waals surface area contributed by atoms with Gasteiger partial charge in [0.15, 0.2) is 5.96 Å². The monoisotopic (exact) mass is 528 g/mol. The summed E-state index contributed by atoms with van der Waals surface area (Å²) in [6.45, 7) is 6.67. The molecule has 0 aromatic heterocycles. The second-order valence-electron chi connectivity index (χ2n) is 8.40. The second-order valence-corrected chi connectivity index (χ2v) is 8.40. The van der Waals surface area contributed by atoms with Gasteiger partial charge in [0.05, 0.1) is 12.6 Å². The van der Waals surface area contributed by atoms with E-state index in [1.54, 1.807) is 0 Å². The molecule has 2 fully saturated rings. The lowest BCUT2D eigenvalue weighted by Gasteiger charge is -2.26. The van der Waals surface area contributed by atoms with E-state index in [-0.39, 0.29) is 35.9 Å². The molecule has 1 aromatic rings. The Morgan fingerprint density at radius 2 is 1.90 bits per heavy atom. The fourth-order valence-corrected chi connectivity index (χ4v) is 4.27. The number of hydrogen-bond donors (Lipinski definition) is 3. The fraction of sp³-hybridized carbons (Fsp3) is 0.652. The zero-order valence-electron chi connectivity index (χ0n) is 18.3. The number of likely N-dealkylation sites (tertiary alicyclic amines) is 1. The Hall–Kier alpha value is -1.35. The number of rotatable bonds is 6. The van der Waals surface area contributed by atoms with E-state index < -0.39 is 6.10 Å². The highest BCUT2D eigenvalue weighted by atomic mass is 127. The van der Waals surface area contributed by atoms with Crippen molar-refractivity contribution in [3.8, 4) is 0 Å². The summed E-state index contributed by atoms with van der Waals surface area (Å²) in [7, 11) is 0. The van der Waals surface area contributed by atoms with Crippen molar-refractivity contribution in [2.45, 2.75) is 64.5 Å². The van der Waals surface area contributed by atoms with Crippen LogP contribution in [0.1, 0.15) is 62.7 Å². The van der Waals surface area contributed by atoms with E-state index in [0.717, 1.165) is 44.5 Å². The Kier molecular flexibility index (Phi) is 10.4. The molecular weight excluding hydrogens is 491 g/mol. The van der Waals surface area contributed by atoms with E-state index in [0.29, 0.717) is 18.4 Å². The van der Waals surface area contributed by atoms with E-state index >= 15 is 0 Å².